The quantitative estimate of drug-likeness (QED) is 0.0657. The molecule has 2 amide bonds. The Labute approximate surface area is 247 Å². The summed E-state index contributed by atoms with van der Waals surface area (Å²) in [5, 5.41) is 24.2. The molecule has 0 unspecified atom stereocenters. The lowest BCUT2D eigenvalue weighted by atomic mass is 9.91. The Morgan fingerprint density at radius 1 is 0.738 bits per heavy atom. The summed E-state index contributed by atoms with van der Waals surface area (Å²) in [5.74, 6) is -7.96. The fraction of sp³-hybridized carbons (Fsp3) is 0.759. The zero-order chi connectivity index (χ0) is 32.4. The highest BCUT2D eigenvalue weighted by atomic mass is 16.4. The van der Waals surface area contributed by atoms with Crippen LogP contribution in [-0.4, -0.2) is 82.4 Å². The number of unbranched alkanes of at least 4 members (excludes halogenated alkanes) is 2. The molecule has 42 heavy (non-hydrogen) atoms. The van der Waals surface area contributed by atoms with Crippen LogP contribution in [0.4, 0.5) is 0 Å². The lowest BCUT2D eigenvalue weighted by Crippen LogP contribution is -2.51. The van der Waals surface area contributed by atoms with E-state index >= 15 is 0 Å². The average Bonchev–Trinajstić information content (AvgIpc) is 2.92. The van der Waals surface area contributed by atoms with E-state index in [1.165, 1.54) is 20.8 Å². The van der Waals surface area contributed by atoms with Gasteiger partial charge in [0.1, 0.15) is 11.8 Å². The van der Waals surface area contributed by atoms with Gasteiger partial charge in [0.15, 0.2) is 11.6 Å². The number of hydrogen-bond acceptors (Lipinski definition) is 10. The first kappa shape index (κ1) is 39.0. The van der Waals surface area contributed by atoms with Gasteiger partial charge in [0.25, 0.3) is 0 Å². The summed E-state index contributed by atoms with van der Waals surface area (Å²) < 4.78 is 0. The van der Waals surface area contributed by atoms with Crippen LogP contribution in [-0.2, 0) is 33.6 Å². The minimum atomic E-state index is -1.66. The number of nitrogens with one attached hydrogen (secondary N) is 2. The third-order valence-corrected chi connectivity index (χ3v) is 7.07. The molecule has 0 saturated carbocycles. The molecule has 0 aromatic heterocycles. The Hall–Kier alpha value is -3.03. The van der Waals surface area contributed by atoms with Gasteiger partial charge in [0.2, 0.25) is 17.6 Å². The summed E-state index contributed by atoms with van der Waals surface area (Å²) in [7, 11) is 0. The molecule has 13 heteroatoms. The van der Waals surface area contributed by atoms with Crippen molar-refractivity contribution in [1.29, 1.82) is 0 Å². The third-order valence-electron chi connectivity index (χ3n) is 7.07. The van der Waals surface area contributed by atoms with Crippen LogP contribution in [0.5, 0.6) is 0 Å². The largest absolute Gasteiger partial charge is 0.475 e. The topological polar surface area (TPSA) is 236 Å². The fourth-order valence-corrected chi connectivity index (χ4v) is 4.42. The van der Waals surface area contributed by atoms with E-state index in [2.05, 4.69) is 10.6 Å². The number of carbonyl (C=O) groups excluding carboxylic acids is 6. The second kappa shape index (κ2) is 20.8. The third kappa shape index (κ3) is 14.7. The lowest BCUT2D eigenvalue weighted by Gasteiger charge is -2.25. The second-order valence-corrected chi connectivity index (χ2v) is 11.0. The lowest BCUT2D eigenvalue weighted by molar-refractivity contribution is -0.151. The van der Waals surface area contributed by atoms with Crippen LogP contribution >= 0.6 is 0 Å². The molecule has 0 aliphatic heterocycles. The molecule has 240 valence electrons. The van der Waals surface area contributed by atoms with E-state index in [4.69, 9.17) is 16.6 Å². The maximum Gasteiger partial charge on any atom is 0.372 e. The predicted octanol–water partition coefficient (Wildman–Crippen LogP) is 0.425. The maximum absolute atomic E-state index is 13.1. The first-order valence-corrected chi connectivity index (χ1v) is 14.7. The molecule has 0 fully saturated rings. The number of nitrogens with two attached hydrogens (primary N) is 2. The number of amides is 2. The van der Waals surface area contributed by atoms with Crippen molar-refractivity contribution in [3.63, 3.8) is 0 Å². The molecule has 0 saturated heterocycles. The zero-order valence-electron chi connectivity index (χ0n) is 25.4. The Kier molecular flexibility index (Phi) is 19.3. The monoisotopic (exact) mass is 598 g/mol. The number of aliphatic hydroxyl groups is 1. The van der Waals surface area contributed by atoms with E-state index in [0.717, 1.165) is 6.42 Å². The number of aliphatic hydroxyl groups excluding tert-OH is 1. The first-order chi connectivity index (χ1) is 19.7. The second-order valence-electron chi connectivity index (χ2n) is 11.0. The molecular weight excluding hydrogens is 548 g/mol. The van der Waals surface area contributed by atoms with Gasteiger partial charge in [-0.2, -0.15) is 0 Å². The van der Waals surface area contributed by atoms with E-state index in [1.807, 2.05) is 6.92 Å². The average molecular weight is 599 g/mol. The molecule has 0 heterocycles. The van der Waals surface area contributed by atoms with Gasteiger partial charge < -0.3 is 32.3 Å². The molecule has 8 N–H and O–H groups in total. The van der Waals surface area contributed by atoms with Crippen molar-refractivity contribution in [3.05, 3.63) is 0 Å². The van der Waals surface area contributed by atoms with Gasteiger partial charge in [0, 0.05) is 43.4 Å². The molecule has 0 radical (unpaired) electrons. The molecule has 0 aliphatic rings. The van der Waals surface area contributed by atoms with Crippen molar-refractivity contribution in [2.24, 2.45) is 29.2 Å². The number of carboxylic acids is 1. The van der Waals surface area contributed by atoms with Crippen molar-refractivity contribution in [1.82, 2.24) is 10.6 Å². The molecule has 0 bridgehead atoms. The number of carbonyl (C=O) groups is 7. The van der Waals surface area contributed by atoms with E-state index in [0.29, 0.717) is 38.6 Å². The van der Waals surface area contributed by atoms with Crippen molar-refractivity contribution >= 4 is 40.9 Å². The van der Waals surface area contributed by atoms with Gasteiger partial charge in [-0.25, -0.2) is 4.79 Å². The smallest absolute Gasteiger partial charge is 0.372 e. The normalized spacial score (nSPS) is 15.4. The summed E-state index contributed by atoms with van der Waals surface area (Å²) in [5.41, 5.74) is 11.1. The van der Waals surface area contributed by atoms with Crippen molar-refractivity contribution in [2.75, 3.05) is 13.1 Å². The van der Waals surface area contributed by atoms with Crippen molar-refractivity contribution in [3.8, 4) is 0 Å². The van der Waals surface area contributed by atoms with Crippen LogP contribution in [0.25, 0.3) is 0 Å². The molecule has 0 aromatic carbocycles. The van der Waals surface area contributed by atoms with Gasteiger partial charge in [-0.05, 0) is 45.7 Å². The highest BCUT2D eigenvalue weighted by Gasteiger charge is 2.33. The summed E-state index contributed by atoms with van der Waals surface area (Å²) in [4.78, 5) is 86.6. The first-order valence-electron chi connectivity index (χ1n) is 14.7. The Morgan fingerprint density at radius 2 is 1.36 bits per heavy atom. The number of Topliss-reactive ketones (excluding diaryl/α,β-unsaturated/α-hetero) is 4. The molecule has 13 nitrogen and oxygen atoms in total. The highest BCUT2D eigenvalue weighted by molar-refractivity contribution is 6.33. The van der Waals surface area contributed by atoms with Crippen molar-refractivity contribution < 1.29 is 43.8 Å². The summed E-state index contributed by atoms with van der Waals surface area (Å²) in [6.07, 6.45) is 1.58. The van der Waals surface area contributed by atoms with Crippen LogP contribution < -0.4 is 22.1 Å². The molecule has 0 aromatic rings. The minimum absolute atomic E-state index is 0.0170. The number of rotatable bonds is 24. The number of carboxylic acid groups (broad SMARTS) is 1. The maximum atomic E-state index is 13.1. The Bertz CT molecular complexity index is 938. The van der Waals surface area contributed by atoms with E-state index in [1.54, 1.807) is 0 Å². The van der Waals surface area contributed by atoms with Gasteiger partial charge in [-0.15, -0.1) is 0 Å². The summed E-state index contributed by atoms with van der Waals surface area (Å²) >= 11 is 0. The van der Waals surface area contributed by atoms with E-state index in [-0.39, 0.29) is 31.6 Å². The van der Waals surface area contributed by atoms with Gasteiger partial charge in [0.05, 0.1) is 12.1 Å². The number of hydrogen-bond donors (Lipinski definition) is 6. The van der Waals surface area contributed by atoms with Crippen LogP contribution in [0.15, 0.2) is 0 Å². The van der Waals surface area contributed by atoms with Crippen LogP contribution in [0.3, 0.4) is 0 Å². The van der Waals surface area contributed by atoms with Crippen LogP contribution in [0.2, 0.25) is 0 Å². The van der Waals surface area contributed by atoms with Crippen molar-refractivity contribution in [2.45, 2.75) is 110 Å². The molecular formula is C29H50N4O9. The zero-order valence-corrected chi connectivity index (χ0v) is 25.4. The molecule has 6 atom stereocenters. The molecule has 0 aliphatic carbocycles. The SMILES string of the molecule is CCCCC(=O)C[C@@H](CCCCN)C(=O)N[C@H](C(=O)C[C@@H](C)C(=O)N[C@@H](CCN)C(=O)C[C@@H](C)C(=O)C(=O)O)[C@@H](C)O. The highest BCUT2D eigenvalue weighted by Crippen LogP contribution is 2.18. The number of aliphatic carboxylic acids is 1. The van der Waals surface area contributed by atoms with Crippen LogP contribution in [0, 0.1) is 17.8 Å². The van der Waals surface area contributed by atoms with E-state index in [9.17, 15) is 38.7 Å². The fourth-order valence-electron chi connectivity index (χ4n) is 4.42. The Balaban J connectivity index is 5.42. The summed E-state index contributed by atoms with van der Waals surface area (Å²) in [6.45, 7) is 6.49. The van der Waals surface area contributed by atoms with Gasteiger partial charge in [-0.3, -0.25) is 28.8 Å². The standard InChI is InChI=1S/C29H50N4O9/c1-5-6-10-21(35)16-20(9-7-8-12-30)28(40)33-25(19(4)34)24(37)15-18(3)27(39)32-22(11-13-31)23(36)14-17(2)26(38)29(41)42/h17-20,22,25,34H,5-16,30-31H2,1-4H3,(H,32,39)(H,33,40)(H,41,42)/t17-,18-,19-,20-,22+,25+/m1/s1. The van der Waals surface area contributed by atoms with Gasteiger partial charge in [-0.1, -0.05) is 33.6 Å². The Morgan fingerprint density at radius 3 is 1.88 bits per heavy atom. The van der Waals surface area contributed by atoms with Gasteiger partial charge >= 0.3 is 5.97 Å². The molecule has 0 rings (SSSR count). The van der Waals surface area contributed by atoms with E-state index < -0.39 is 77.5 Å². The minimum Gasteiger partial charge on any atom is -0.475 e. The number of ketones is 4. The summed E-state index contributed by atoms with van der Waals surface area (Å²) in [6, 6.07) is -2.41. The molecule has 0 spiro atoms. The van der Waals surface area contributed by atoms with Crippen LogP contribution in [0.1, 0.15) is 91.9 Å². The predicted molar refractivity (Wildman–Crippen MR) is 155 cm³/mol.